The maximum atomic E-state index is 12.7. The number of rotatable bonds is 4. The lowest BCUT2D eigenvalue weighted by Crippen LogP contribution is -2.33. The molecule has 152 valence electrons. The minimum atomic E-state index is -0.150. The maximum absolute atomic E-state index is 12.7. The number of aryl methyl sites for hydroxylation is 2. The molecule has 6 heteroatoms. The third-order valence-electron chi connectivity index (χ3n) is 5.89. The minimum Gasteiger partial charge on any atom is -0.322 e. The first-order valence-electron chi connectivity index (χ1n) is 10.2. The average molecular weight is 393 g/mol. The third kappa shape index (κ3) is 3.98. The molecule has 2 aromatic carbocycles. The highest BCUT2D eigenvalue weighted by Crippen LogP contribution is 2.20. The Kier molecular flexibility index (Phi) is 5.28. The van der Waals surface area contributed by atoms with Gasteiger partial charge in [-0.05, 0) is 61.2 Å². The van der Waals surface area contributed by atoms with E-state index in [2.05, 4.69) is 17.1 Å². The predicted molar refractivity (Wildman–Crippen MR) is 116 cm³/mol. The van der Waals surface area contributed by atoms with E-state index >= 15 is 0 Å². The molecule has 1 aromatic heterocycles. The van der Waals surface area contributed by atoms with E-state index in [0.29, 0.717) is 11.3 Å². The summed E-state index contributed by atoms with van der Waals surface area (Å²) in [6.07, 6.45) is 2.58. The number of carbonyl (C=O) groups is 1. The molecule has 2 heterocycles. The van der Waals surface area contributed by atoms with E-state index in [9.17, 15) is 9.59 Å². The van der Waals surface area contributed by atoms with Crippen molar-refractivity contribution in [2.75, 3.05) is 18.4 Å². The van der Waals surface area contributed by atoms with Crippen LogP contribution < -0.4 is 11.0 Å². The Morgan fingerprint density at radius 1 is 1.07 bits per heavy atom. The van der Waals surface area contributed by atoms with Gasteiger partial charge >= 0.3 is 5.69 Å². The van der Waals surface area contributed by atoms with Crippen LogP contribution in [0.25, 0.3) is 11.0 Å². The highest BCUT2D eigenvalue weighted by Gasteiger charge is 2.16. The van der Waals surface area contributed by atoms with E-state index in [-0.39, 0.29) is 11.6 Å². The molecule has 1 fully saturated rings. The molecule has 1 aliphatic rings. The van der Waals surface area contributed by atoms with Gasteiger partial charge in [-0.3, -0.25) is 18.8 Å². The van der Waals surface area contributed by atoms with Gasteiger partial charge in [-0.1, -0.05) is 19.1 Å². The van der Waals surface area contributed by atoms with Gasteiger partial charge in [0.1, 0.15) is 0 Å². The average Bonchev–Trinajstić information content (AvgIpc) is 2.92. The van der Waals surface area contributed by atoms with Gasteiger partial charge in [-0.2, -0.15) is 0 Å². The van der Waals surface area contributed by atoms with Crippen molar-refractivity contribution in [1.29, 1.82) is 0 Å². The molecule has 0 spiro atoms. The number of fused-ring (bicyclic) bond motifs is 1. The van der Waals surface area contributed by atoms with Gasteiger partial charge in [0.2, 0.25) is 0 Å². The molecule has 1 aliphatic heterocycles. The second-order valence-electron chi connectivity index (χ2n) is 8.24. The number of hydrogen-bond acceptors (Lipinski definition) is 3. The van der Waals surface area contributed by atoms with Crippen LogP contribution in [-0.2, 0) is 20.6 Å². The van der Waals surface area contributed by atoms with Gasteiger partial charge in [0.05, 0.1) is 11.0 Å². The summed E-state index contributed by atoms with van der Waals surface area (Å²) in [4.78, 5) is 27.2. The van der Waals surface area contributed by atoms with Crippen molar-refractivity contribution in [2.45, 2.75) is 26.3 Å². The Bertz CT molecular complexity index is 1090. The summed E-state index contributed by atoms with van der Waals surface area (Å²) in [5, 5.41) is 2.94. The van der Waals surface area contributed by atoms with E-state index in [1.54, 1.807) is 23.2 Å². The molecule has 1 N–H and O–H groups in total. The van der Waals surface area contributed by atoms with Crippen molar-refractivity contribution < 1.29 is 4.79 Å². The van der Waals surface area contributed by atoms with Crippen molar-refractivity contribution in [3.63, 3.8) is 0 Å². The second kappa shape index (κ2) is 7.87. The minimum absolute atomic E-state index is 0.0813. The largest absolute Gasteiger partial charge is 0.328 e. The van der Waals surface area contributed by atoms with Gasteiger partial charge in [0.25, 0.3) is 5.91 Å². The number of carbonyl (C=O) groups excluding carboxylic acids is 1. The zero-order valence-electron chi connectivity index (χ0n) is 17.3. The highest BCUT2D eigenvalue weighted by molar-refractivity contribution is 6.05. The number of likely N-dealkylation sites (tertiary alicyclic amines) is 1. The first kappa shape index (κ1) is 19.5. The Morgan fingerprint density at radius 3 is 2.52 bits per heavy atom. The smallest absolute Gasteiger partial charge is 0.322 e. The molecular formula is C23H28N4O2. The van der Waals surface area contributed by atoms with Crippen LogP contribution in [0.3, 0.4) is 0 Å². The molecule has 0 saturated carbocycles. The van der Waals surface area contributed by atoms with E-state index in [0.717, 1.165) is 36.6 Å². The predicted octanol–water partition coefficient (Wildman–Crippen LogP) is 3.36. The lowest BCUT2D eigenvalue weighted by molar-refractivity contribution is 0.102. The molecule has 4 rings (SSSR count). The van der Waals surface area contributed by atoms with Crippen LogP contribution in [0.4, 0.5) is 5.69 Å². The summed E-state index contributed by atoms with van der Waals surface area (Å²) in [7, 11) is 3.48. The Hall–Kier alpha value is -2.86. The molecular weight excluding hydrogens is 364 g/mol. The van der Waals surface area contributed by atoms with Crippen LogP contribution in [0.15, 0.2) is 47.3 Å². The molecule has 0 radical (unpaired) electrons. The van der Waals surface area contributed by atoms with Crippen LogP contribution >= 0.6 is 0 Å². The Morgan fingerprint density at radius 2 is 1.79 bits per heavy atom. The fourth-order valence-corrected chi connectivity index (χ4v) is 4.24. The first-order chi connectivity index (χ1) is 13.9. The summed E-state index contributed by atoms with van der Waals surface area (Å²) >= 11 is 0. The van der Waals surface area contributed by atoms with Crippen molar-refractivity contribution in [3.8, 4) is 0 Å². The lowest BCUT2D eigenvalue weighted by atomic mass is 9.99. The third-order valence-corrected chi connectivity index (χ3v) is 5.89. The quantitative estimate of drug-likeness (QED) is 0.741. The second-order valence-corrected chi connectivity index (χ2v) is 8.24. The molecule has 6 nitrogen and oxygen atoms in total. The van der Waals surface area contributed by atoms with Crippen LogP contribution in [0.5, 0.6) is 0 Å². The van der Waals surface area contributed by atoms with Gasteiger partial charge in [-0.15, -0.1) is 0 Å². The number of imidazole rings is 1. The van der Waals surface area contributed by atoms with Crippen molar-refractivity contribution in [2.24, 2.45) is 20.0 Å². The van der Waals surface area contributed by atoms with Crippen molar-refractivity contribution >= 4 is 22.6 Å². The standard InChI is InChI=1S/C23H28N4O2/c1-16-5-4-12-27(14-16)15-17-6-8-18(9-7-17)22(28)24-19-10-11-20-21(13-19)26(3)23(29)25(20)2/h6-11,13,16H,4-5,12,14-15H2,1-3H3,(H,24,28)/t16-/m1/s1. The summed E-state index contributed by atoms with van der Waals surface area (Å²) in [5.74, 6) is 0.610. The van der Waals surface area contributed by atoms with Crippen LogP contribution in [0.1, 0.15) is 35.7 Å². The maximum Gasteiger partial charge on any atom is 0.328 e. The number of piperidine rings is 1. The molecule has 3 aromatic rings. The number of benzene rings is 2. The van der Waals surface area contributed by atoms with Gasteiger partial charge in [0.15, 0.2) is 0 Å². The zero-order valence-corrected chi connectivity index (χ0v) is 17.3. The normalized spacial score (nSPS) is 17.6. The lowest BCUT2D eigenvalue weighted by Gasteiger charge is -2.30. The molecule has 1 atom stereocenters. The van der Waals surface area contributed by atoms with E-state index in [4.69, 9.17) is 0 Å². The van der Waals surface area contributed by atoms with Crippen LogP contribution in [-0.4, -0.2) is 33.0 Å². The Balaban J connectivity index is 1.45. The number of anilines is 1. The van der Waals surface area contributed by atoms with E-state index in [1.807, 2.05) is 42.5 Å². The summed E-state index contributed by atoms with van der Waals surface area (Å²) < 4.78 is 3.18. The van der Waals surface area contributed by atoms with Crippen molar-refractivity contribution in [1.82, 2.24) is 14.0 Å². The summed E-state index contributed by atoms with van der Waals surface area (Å²) in [6.45, 7) is 5.54. The number of hydrogen-bond donors (Lipinski definition) is 1. The molecule has 0 unspecified atom stereocenters. The van der Waals surface area contributed by atoms with E-state index in [1.165, 1.54) is 18.4 Å². The van der Waals surface area contributed by atoms with Gasteiger partial charge in [-0.25, -0.2) is 4.79 Å². The van der Waals surface area contributed by atoms with Gasteiger partial charge in [0, 0.05) is 38.4 Å². The molecule has 0 aliphatic carbocycles. The molecule has 1 amide bonds. The van der Waals surface area contributed by atoms with Crippen LogP contribution in [0, 0.1) is 5.92 Å². The first-order valence-corrected chi connectivity index (χ1v) is 10.2. The molecule has 1 saturated heterocycles. The van der Waals surface area contributed by atoms with Crippen LogP contribution in [0.2, 0.25) is 0 Å². The number of amides is 1. The number of nitrogens with one attached hydrogen (secondary N) is 1. The fourth-order valence-electron chi connectivity index (χ4n) is 4.24. The van der Waals surface area contributed by atoms with Crippen molar-refractivity contribution in [3.05, 3.63) is 64.1 Å². The molecule has 0 bridgehead atoms. The summed E-state index contributed by atoms with van der Waals surface area (Å²) in [5.41, 5.74) is 4.09. The monoisotopic (exact) mass is 392 g/mol. The summed E-state index contributed by atoms with van der Waals surface area (Å²) in [6, 6.07) is 13.4. The van der Waals surface area contributed by atoms with E-state index < -0.39 is 0 Å². The Labute approximate surface area is 170 Å². The SMILES string of the molecule is C[C@@H]1CCCN(Cc2ccc(C(=O)Nc3ccc4c(c3)n(C)c(=O)n4C)cc2)C1. The topological polar surface area (TPSA) is 59.3 Å². The fraction of sp³-hybridized carbons (Fsp3) is 0.391. The number of aromatic nitrogens is 2. The highest BCUT2D eigenvalue weighted by atomic mass is 16.2. The zero-order chi connectivity index (χ0) is 20.5. The van der Waals surface area contributed by atoms with Gasteiger partial charge < -0.3 is 5.32 Å². The molecule has 29 heavy (non-hydrogen) atoms. The number of nitrogens with zero attached hydrogens (tertiary/aromatic N) is 3.